The smallest absolute Gasteiger partial charge is 0.0897 e. The summed E-state index contributed by atoms with van der Waals surface area (Å²) in [4.78, 5) is 4.54. The van der Waals surface area contributed by atoms with Gasteiger partial charge in [0.1, 0.15) is 0 Å². The maximum absolute atomic E-state index is 4.54. The number of hydrogen-bond acceptors (Lipinski definition) is 3. The molecule has 2 rings (SSSR count). The van der Waals surface area contributed by atoms with E-state index in [-0.39, 0.29) is 0 Å². The van der Waals surface area contributed by atoms with Gasteiger partial charge < -0.3 is 5.32 Å². The van der Waals surface area contributed by atoms with Crippen LogP contribution in [0, 0.1) is 13.8 Å². The van der Waals surface area contributed by atoms with Crippen molar-refractivity contribution in [2.24, 2.45) is 0 Å². The van der Waals surface area contributed by atoms with Crippen molar-refractivity contribution in [2.75, 3.05) is 7.05 Å². The van der Waals surface area contributed by atoms with Crippen molar-refractivity contribution in [2.45, 2.75) is 26.3 Å². The molecule has 0 aliphatic rings. The molecule has 4 heteroatoms. The first kappa shape index (κ1) is 13.7. The lowest BCUT2D eigenvalue weighted by molar-refractivity contribution is 0.582. The Morgan fingerprint density at radius 1 is 1.39 bits per heavy atom. The molecular weight excluding hydrogens is 308 g/mol. The van der Waals surface area contributed by atoms with E-state index in [0.29, 0.717) is 6.04 Å². The molecule has 0 saturated heterocycles. The average Bonchev–Trinajstić information content (AvgIpc) is 2.76. The molecule has 96 valence electrons. The van der Waals surface area contributed by atoms with E-state index in [1.165, 1.54) is 11.1 Å². The van der Waals surface area contributed by atoms with Crippen molar-refractivity contribution in [3.05, 3.63) is 49.9 Å². The van der Waals surface area contributed by atoms with Crippen LogP contribution in [0.2, 0.25) is 0 Å². The fourth-order valence-corrected chi connectivity index (χ4v) is 3.09. The van der Waals surface area contributed by atoms with Crippen LogP contribution in [0.15, 0.2) is 28.1 Å². The van der Waals surface area contributed by atoms with Crippen LogP contribution in [0.5, 0.6) is 0 Å². The number of rotatable bonds is 4. The van der Waals surface area contributed by atoms with Gasteiger partial charge in [-0.05, 0) is 38.1 Å². The Bertz CT molecular complexity index is 536. The second kappa shape index (κ2) is 5.95. The first-order valence-corrected chi connectivity index (χ1v) is 7.62. The Hall–Kier alpha value is -0.710. The highest BCUT2D eigenvalue weighted by Gasteiger charge is 2.15. The van der Waals surface area contributed by atoms with Crippen LogP contribution in [0.1, 0.15) is 27.9 Å². The summed E-state index contributed by atoms with van der Waals surface area (Å²) in [5, 5.41) is 6.66. The van der Waals surface area contributed by atoms with Crippen LogP contribution in [0.3, 0.4) is 0 Å². The van der Waals surface area contributed by atoms with E-state index in [9.17, 15) is 0 Å². The average molecular weight is 325 g/mol. The van der Waals surface area contributed by atoms with Gasteiger partial charge in [-0.2, -0.15) is 0 Å². The normalized spacial score (nSPS) is 12.7. The summed E-state index contributed by atoms with van der Waals surface area (Å²) in [5.74, 6) is 0. The van der Waals surface area contributed by atoms with Crippen molar-refractivity contribution >= 4 is 27.3 Å². The summed E-state index contributed by atoms with van der Waals surface area (Å²) in [7, 11) is 2.00. The zero-order chi connectivity index (χ0) is 13.1. The van der Waals surface area contributed by atoms with Gasteiger partial charge in [-0.15, -0.1) is 11.3 Å². The molecule has 2 nitrogen and oxygen atoms in total. The number of halogens is 1. The molecular formula is C14H17BrN2S. The summed E-state index contributed by atoms with van der Waals surface area (Å²) in [6.07, 6.45) is 0.929. The van der Waals surface area contributed by atoms with Gasteiger partial charge in [0.25, 0.3) is 0 Å². The van der Waals surface area contributed by atoms with Crippen LogP contribution in [0.25, 0.3) is 0 Å². The lowest BCUT2D eigenvalue weighted by Gasteiger charge is -2.18. The number of likely N-dealkylation sites (N-methyl/N-ethyl adjacent to an activating group) is 1. The molecule has 1 aromatic carbocycles. The van der Waals surface area contributed by atoms with Gasteiger partial charge in [-0.25, -0.2) is 4.98 Å². The van der Waals surface area contributed by atoms with Crippen molar-refractivity contribution in [3.63, 3.8) is 0 Å². The predicted molar refractivity (Wildman–Crippen MR) is 81.2 cm³/mol. The Kier molecular flexibility index (Phi) is 4.54. The zero-order valence-corrected chi connectivity index (χ0v) is 13.2. The third kappa shape index (κ3) is 2.99. The lowest BCUT2D eigenvalue weighted by atomic mass is 9.98. The molecule has 0 bridgehead atoms. The molecule has 0 radical (unpaired) electrons. The first-order chi connectivity index (χ1) is 8.61. The van der Waals surface area contributed by atoms with E-state index in [0.717, 1.165) is 21.6 Å². The Labute approximate surface area is 121 Å². The third-order valence-electron chi connectivity index (χ3n) is 3.11. The summed E-state index contributed by atoms with van der Waals surface area (Å²) < 4.78 is 1.16. The van der Waals surface area contributed by atoms with E-state index < -0.39 is 0 Å². The second-order valence-electron chi connectivity index (χ2n) is 4.36. The third-order valence-corrected chi connectivity index (χ3v) is 4.79. The number of hydrogen-bond donors (Lipinski definition) is 1. The molecule has 0 amide bonds. The van der Waals surface area contributed by atoms with Crippen LogP contribution in [-0.4, -0.2) is 12.0 Å². The van der Waals surface area contributed by atoms with Gasteiger partial charge in [0.2, 0.25) is 0 Å². The molecule has 0 aliphatic heterocycles. The van der Waals surface area contributed by atoms with Crippen LogP contribution >= 0.6 is 27.3 Å². The Morgan fingerprint density at radius 2 is 2.17 bits per heavy atom. The van der Waals surface area contributed by atoms with Gasteiger partial charge >= 0.3 is 0 Å². The van der Waals surface area contributed by atoms with Gasteiger partial charge in [0.15, 0.2) is 0 Å². The largest absolute Gasteiger partial charge is 0.313 e. The second-order valence-corrected chi connectivity index (χ2v) is 6.27. The van der Waals surface area contributed by atoms with Crippen molar-refractivity contribution < 1.29 is 0 Å². The molecule has 1 unspecified atom stereocenters. The highest BCUT2D eigenvalue weighted by Crippen LogP contribution is 2.27. The van der Waals surface area contributed by atoms with E-state index in [1.807, 2.05) is 14.0 Å². The minimum absolute atomic E-state index is 0.309. The maximum atomic E-state index is 4.54. The van der Waals surface area contributed by atoms with Gasteiger partial charge in [-0.1, -0.05) is 28.1 Å². The number of nitrogens with zero attached hydrogens (tertiary/aromatic N) is 1. The van der Waals surface area contributed by atoms with Gasteiger partial charge in [-0.3, -0.25) is 0 Å². The highest BCUT2D eigenvalue weighted by atomic mass is 79.9. The standard InChI is InChI=1S/C14H17BrN2S/c1-9-12(5-4-6-13(9)15)14(16-3)7-11-8-18-10(2)17-11/h4-6,8,14,16H,7H2,1-3H3. The monoisotopic (exact) mass is 324 g/mol. The maximum Gasteiger partial charge on any atom is 0.0897 e. The highest BCUT2D eigenvalue weighted by molar-refractivity contribution is 9.10. The lowest BCUT2D eigenvalue weighted by Crippen LogP contribution is -2.20. The number of aryl methyl sites for hydroxylation is 1. The number of thiazole rings is 1. The van der Waals surface area contributed by atoms with E-state index >= 15 is 0 Å². The Morgan fingerprint density at radius 3 is 2.78 bits per heavy atom. The molecule has 0 aliphatic carbocycles. The quantitative estimate of drug-likeness (QED) is 0.918. The van der Waals surface area contributed by atoms with Gasteiger partial charge in [0, 0.05) is 22.3 Å². The van der Waals surface area contributed by atoms with Crippen molar-refractivity contribution in [1.29, 1.82) is 0 Å². The number of benzene rings is 1. The first-order valence-electron chi connectivity index (χ1n) is 5.95. The van der Waals surface area contributed by atoms with Crippen molar-refractivity contribution in [3.8, 4) is 0 Å². The van der Waals surface area contributed by atoms with Crippen LogP contribution in [-0.2, 0) is 6.42 Å². The molecule has 2 aromatic rings. The molecule has 1 atom stereocenters. The molecule has 1 aromatic heterocycles. The fourth-order valence-electron chi connectivity index (χ4n) is 2.08. The molecule has 1 heterocycles. The fraction of sp³-hybridized carbons (Fsp3) is 0.357. The van der Waals surface area contributed by atoms with E-state index in [2.05, 4.69) is 56.7 Å². The topological polar surface area (TPSA) is 24.9 Å². The number of aromatic nitrogens is 1. The molecule has 0 fully saturated rings. The van der Waals surface area contributed by atoms with Crippen LogP contribution in [0.4, 0.5) is 0 Å². The van der Waals surface area contributed by atoms with Crippen LogP contribution < -0.4 is 5.32 Å². The summed E-state index contributed by atoms with van der Waals surface area (Å²) in [6.45, 7) is 4.20. The minimum Gasteiger partial charge on any atom is -0.313 e. The SMILES string of the molecule is CNC(Cc1csc(C)n1)c1cccc(Br)c1C. The summed E-state index contributed by atoms with van der Waals surface area (Å²) >= 11 is 5.30. The minimum atomic E-state index is 0.309. The van der Waals surface area contributed by atoms with Crippen molar-refractivity contribution in [1.82, 2.24) is 10.3 Å². The zero-order valence-electron chi connectivity index (χ0n) is 10.8. The summed E-state index contributed by atoms with van der Waals surface area (Å²) in [6, 6.07) is 6.66. The summed E-state index contributed by atoms with van der Waals surface area (Å²) in [5.41, 5.74) is 3.79. The molecule has 18 heavy (non-hydrogen) atoms. The molecule has 0 saturated carbocycles. The van der Waals surface area contributed by atoms with Gasteiger partial charge in [0.05, 0.1) is 10.7 Å². The van der Waals surface area contributed by atoms with E-state index in [1.54, 1.807) is 11.3 Å². The predicted octanol–water partition coefficient (Wildman–Crippen LogP) is 4.03. The number of nitrogens with one attached hydrogen (secondary N) is 1. The Balaban J connectivity index is 2.25. The van der Waals surface area contributed by atoms with E-state index in [4.69, 9.17) is 0 Å². The molecule has 0 spiro atoms. The molecule has 1 N–H and O–H groups in total.